The highest BCUT2D eigenvalue weighted by Gasteiger charge is 2.49. The van der Waals surface area contributed by atoms with E-state index in [0.717, 1.165) is 12.8 Å². The minimum absolute atomic E-state index is 0.0663. The molecule has 2 amide bonds. The lowest BCUT2D eigenvalue weighted by atomic mass is 9.76. The highest BCUT2D eigenvalue weighted by atomic mass is 35.5. The Labute approximate surface area is 240 Å². The van der Waals surface area contributed by atoms with Crippen LogP contribution in [0.1, 0.15) is 65.0 Å². The molecule has 0 spiro atoms. The topological polar surface area (TPSA) is 167 Å². The summed E-state index contributed by atoms with van der Waals surface area (Å²) in [5, 5.41) is 4.13. The van der Waals surface area contributed by atoms with E-state index in [-0.39, 0.29) is 23.4 Å². The maximum atomic E-state index is 14.2. The third-order valence-corrected chi connectivity index (χ3v) is 8.21. The Bertz CT molecular complexity index is 1500. The first kappa shape index (κ1) is 28.5. The summed E-state index contributed by atoms with van der Waals surface area (Å²) in [6.45, 7) is -0.280. The average Bonchev–Trinajstić information content (AvgIpc) is 3.33. The highest BCUT2D eigenvalue weighted by Crippen LogP contribution is 2.47. The molecule has 40 heavy (non-hydrogen) atoms. The van der Waals surface area contributed by atoms with Gasteiger partial charge in [-0.3, -0.25) is 28.5 Å². The van der Waals surface area contributed by atoms with Crippen LogP contribution in [0.2, 0.25) is 10.0 Å². The van der Waals surface area contributed by atoms with Gasteiger partial charge in [-0.05, 0) is 42.2 Å². The molecule has 212 valence electrons. The Hall–Kier alpha value is -3.07. The number of carbonyl (C=O) groups excluding carboxylic acids is 2. The first-order valence-electron chi connectivity index (χ1n) is 12.4. The van der Waals surface area contributed by atoms with Crippen LogP contribution < -0.4 is 16.0 Å². The number of amides is 2. The highest BCUT2D eigenvalue weighted by molar-refractivity contribution is 7.77. The van der Waals surface area contributed by atoms with Crippen molar-refractivity contribution in [1.29, 1.82) is 0 Å². The Kier molecular flexibility index (Phi) is 8.68. The molecule has 2 heterocycles. The number of halogens is 2. The molecule has 1 aliphatic carbocycles. The molecule has 0 bridgehead atoms. The summed E-state index contributed by atoms with van der Waals surface area (Å²) >= 11 is 10.5. The van der Waals surface area contributed by atoms with Gasteiger partial charge in [0.2, 0.25) is 11.3 Å². The Morgan fingerprint density at radius 3 is 2.67 bits per heavy atom. The van der Waals surface area contributed by atoms with E-state index in [0.29, 0.717) is 34.6 Å². The number of carbonyl (C=O) groups is 2. The monoisotopic (exact) mass is 609 g/mol. The quantitative estimate of drug-likeness (QED) is 0.223. The van der Waals surface area contributed by atoms with E-state index in [4.69, 9.17) is 28.0 Å². The zero-order valence-electron chi connectivity index (χ0n) is 20.8. The molecule has 12 nitrogen and oxygen atoms in total. The number of aromatic amines is 1. The summed E-state index contributed by atoms with van der Waals surface area (Å²) in [7, 11) is 0. The van der Waals surface area contributed by atoms with Gasteiger partial charge in [-0.1, -0.05) is 65.5 Å². The van der Waals surface area contributed by atoms with Crippen LogP contribution in [0.15, 0.2) is 51.8 Å². The van der Waals surface area contributed by atoms with Crippen LogP contribution in [0, 0.1) is 0 Å². The molecule has 5 rings (SSSR count). The maximum absolute atomic E-state index is 14.2. The summed E-state index contributed by atoms with van der Waals surface area (Å²) in [5.41, 5.74) is 3.66. The van der Waals surface area contributed by atoms with Gasteiger partial charge in [-0.25, -0.2) is 19.2 Å². The van der Waals surface area contributed by atoms with E-state index >= 15 is 0 Å². The number of hydrogen-bond acceptors (Lipinski definition) is 7. The number of fused-ring (bicyclic) bond motifs is 1. The molecule has 1 saturated carbocycles. The number of aromatic nitrogens is 2. The molecule has 2 aliphatic rings. The fourth-order valence-corrected chi connectivity index (χ4v) is 6.60. The lowest BCUT2D eigenvalue weighted by Gasteiger charge is -2.49. The summed E-state index contributed by atoms with van der Waals surface area (Å²) in [6, 6.07) is 9.64. The van der Waals surface area contributed by atoms with Crippen LogP contribution >= 0.6 is 23.2 Å². The number of hydroxylamine groups is 1. The summed E-state index contributed by atoms with van der Waals surface area (Å²) < 4.78 is 28.5. The number of benzene rings is 2. The first-order chi connectivity index (χ1) is 19.2. The van der Waals surface area contributed by atoms with E-state index in [1.165, 1.54) is 6.07 Å². The van der Waals surface area contributed by atoms with Crippen molar-refractivity contribution in [2.75, 3.05) is 0 Å². The van der Waals surface area contributed by atoms with Crippen molar-refractivity contribution in [2.45, 2.75) is 56.3 Å². The lowest BCUT2D eigenvalue weighted by molar-refractivity contribution is -0.138. The van der Waals surface area contributed by atoms with Gasteiger partial charge in [-0.15, -0.1) is 0 Å². The lowest BCUT2D eigenvalue weighted by Crippen LogP contribution is -2.58. The van der Waals surface area contributed by atoms with E-state index in [9.17, 15) is 23.1 Å². The van der Waals surface area contributed by atoms with Crippen molar-refractivity contribution in [1.82, 2.24) is 25.2 Å². The predicted molar refractivity (Wildman–Crippen MR) is 145 cm³/mol. The molecular formula is C25H25Cl2N5O7S. The van der Waals surface area contributed by atoms with Gasteiger partial charge in [0.1, 0.15) is 6.61 Å². The first-order valence-corrected chi connectivity index (χ1v) is 14.3. The SMILES string of the molecule is O=C(NOCc1noc(=O)[nH]1)[C@@H]1c2ccccc2C(=O)N([C@H]2CCCC[C@@H]2NS(=O)O)[C@H]1c1ccc(Cl)cc1Cl. The van der Waals surface area contributed by atoms with Crippen LogP contribution in [-0.2, 0) is 27.5 Å². The molecular weight excluding hydrogens is 585 g/mol. The zero-order chi connectivity index (χ0) is 28.4. The second-order valence-electron chi connectivity index (χ2n) is 9.51. The van der Waals surface area contributed by atoms with Crippen molar-refractivity contribution < 1.29 is 27.7 Å². The molecule has 4 N–H and O–H groups in total. The fraction of sp³-hybridized carbons (Fsp3) is 0.360. The largest absolute Gasteiger partial charge is 0.438 e. The number of nitrogens with one attached hydrogen (secondary N) is 3. The van der Waals surface area contributed by atoms with Gasteiger partial charge in [0, 0.05) is 27.7 Å². The van der Waals surface area contributed by atoms with Crippen molar-refractivity contribution in [3.8, 4) is 0 Å². The third-order valence-electron chi connectivity index (χ3n) is 7.15. The van der Waals surface area contributed by atoms with E-state index in [2.05, 4.69) is 24.9 Å². The van der Waals surface area contributed by atoms with E-state index in [1.807, 2.05) is 0 Å². The van der Waals surface area contributed by atoms with Gasteiger partial charge in [0.15, 0.2) is 5.82 Å². The summed E-state index contributed by atoms with van der Waals surface area (Å²) in [5.74, 6) is -2.61. The molecule has 1 aliphatic heterocycles. The van der Waals surface area contributed by atoms with Gasteiger partial charge < -0.3 is 4.90 Å². The predicted octanol–water partition coefficient (Wildman–Crippen LogP) is 3.24. The molecule has 0 radical (unpaired) electrons. The van der Waals surface area contributed by atoms with Crippen molar-refractivity contribution in [2.24, 2.45) is 0 Å². The average molecular weight is 610 g/mol. The van der Waals surface area contributed by atoms with Crippen LogP contribution in [-0.4, -0.2) is 47.7 Å². The van der Waals surface area contributed by atoms with Gasteiger partial charge in [-0.2, -0.15) is 0 Å². The third kappa shape index (κ3) is 5.85. The number of hydrogen-bond donors (Lipinski definition) is 4. The minimum atomic E-state index is -2.32. The Morgan fingerprint density at radius 2 is 1.95 bits per heavy atom. The second-order valence-corrected chi connectivity index (χ2v) is 11.1. The van der Waals surface area contributed by atoms with E-state index < -0.39 is 47.0 Å². The number of H-pyrrole nitrogens is 1. The van der Waals surface area contributed by atoms with Crippen LogP contribution in [0.25, 0.3) is 0 Å². The normalized spacial score (nSPS) is 23.5. The minimum Gasteiger partial charge on any atom is -0.326 e. The standard InChI is InChI=1S/C25H25Cl2N5O7S/c26-13-9-10-16(17(27)11-13)22-21(23(33)30-38-12-20-28-25(35)39-29-20)14-5-1-2-6-15(14)24(34)32(22)19-8-4-3-7-18(19)31-40(36)37/h1-2,5-6,9-11,18-19,21-22,31H,3-4,7-8,12H2,(H,30,33)(H,36,37)(H,28,29,35)/t18-,19-,21+,22-/m0/s1. The Balaban J connectivity index is 1.59. The molecule has 0 saturated heterocycles. The summed E-state index contributed by atoms with van der Waals surface area (Å²) in [6.07, 6.45) is 2.68. The number of rotatable bonds is 8. The van der Waals surface area contributed by atoms with Crippen LogP contribution in [0.3, 0.4) is 0 Å². The molecule has 1 unspecified atom stereocenters. The Morgan fingerprint density at radius 1 is 1.18 bits per heavy atom. The van der Waals surface area contributed by atoms with Gasteiger partial charge >= 0.3 is 5.76 Å². The van der Waals surface area contributed by atoms with E-state index in [1.54, 1.807) is 41.3 Å². The second kappa shape index (κ2) is 12.2. The molecule has 1 fully saturated rings. The molecule has 3 aromatic rings. The summed E-state index contributed by atoms with van der Waals surface area (Å²) in [4.78, 5) is 48.5. The fourth-order valence-electron chi connectivity index (χ4n) is 5.54. The zero-order valence-corrected chi connectivity index (χ0v) is 23.2. The molecule has 2 aromatic carbocycles. The van der Waals surface area contributed by atoms with Crippen molar-refractivity contribution >= 4 is 46.3 Å². The smallest absolute Gasteiger partial charge is 0.326 e. The number of nitrogens with zero attached hydrogens (tertiary/aromatic N) is 2. The molecule has 1 aromatic heterocycles. The van der Waals surface area contributed by atoms with Gasteiger partial charge in [0.25, 0.3) is 11.8 Å². The van der Waals surface area contributed by atoms with Crippen molar-refractivity contribution in [3.63, 3.8) is 0 Å². The maximum Gasteiger partial charge on any atom is 0.438 e. The van der Waals surface area contributed by atoms with Crippen LogP contribution in [0.4, 0.5) is 0 Å². The van der Waals surface area contributed by atoms with Gasteiger partial charge in [0.05, 0.1) is 12.0 Å². The van der Waals surface area contributed by atoms with Crippen LogP contribution in [0.5, 0.6) is 0 Å². The van der Waals surface area contributed by atoms with Crippen molar-refractivity contribution in [3.05, 3.63) is 85.6 Å². The molecule has 5 atom stereocenters. The molecule has 15 heteroatoms.